The van der Waals surface area contributed by atoms with Crippen molar-refractivity contribution in [2.24, 2.45) is 13.0 Å². The fourth-order valence-corrected chi connectivity index (χ4v) is 3.78. The molecule has 140 valence electrons. The largest absolute Gasteiger partial charge is 0.338 e. The molecule has 1 aliphatic rings. The lowest BCUT2D eigenvalue weighted by atomic mass is 9.94. The monoisotopic (exact) mass is 362 g/mol. The van der Waals surface area contributed by atoms with E-state index >= 15 is 0 Å². The van der Waals surface area contributed by atoms with Crippen LogP contribution in [0.15, 0.2) is 30.6 Å². The highest BCUT2D eigenvalue weighted by Gasteiger charge is 2.39. The SMILES string of the molecule is CC[C@H](NC[C@@H]1CC(=O)N(C)[C@H]1c1cnn(C)c1)c1ccc(F)cc1F. The molecule has 3 atom stereocenters. The van der Waals surface area contributed by atoms with E-state index in [1.807, 2.05) is 20.2 Å². The van der Waals surface area contributed by atoms with Crippen molar-refractivity contribution in [1.29, 1.82) is 0 Å². The zero-order chi connectivity index (χ0) is 18.8. The predicted octanol–water partition coefficient (Wildman–Crippen LogP) is 2.96. The molecule has 3 rings (SSSR count). The summed E-state index contributed by atoms with van der Waals surface area (Å²) in [7, 11) is 3.65. The summed E-state index contributed by atoms with van der Waals surface area (Å²) in [4.78, 5) is 14.0. The highest BCUT2D eigenvalue weighted by molar-refractivity contribution is 5.79. The van der Waals surface area contributed by atoms with Gasteiger partial charge >= 0.3 is 0 Å². The molecule has 1 N–H and O–H groups in total. The molecule has 0 radical (unpaired) electrons. The van der Waals surface area contributed by atoms with E-state index < -0.39 is 11.6 Å². The molecule has 1 aliphatic heterocycles. The maximum atomic E-state index is 14.1. The number of benzene rings is 1. The maximum Gasteiger partial charge on any atom is 0.223 e. The maximum absolute atomic E-state index is 14.1. The molecular weight excluding hydrogens is 338 g/mol. The Morgan fingerprint density at radius 1 is 1.35 bits per heavy atom. The summed E-state index contributed by atoms with van der Waals surface area (Å²) in [5.74, 6) is -0.977. The first-order chi connectivity index (χ1) is 12.4. The number of amides is 1. The lowest BCUT2D eigenvalue weighted by molar-refractivity contribution is -0.127. The molecule has 26 heavy (non-hydrogen) atoms. The van der Waals surface area contributed by atoms with E-state index in [4.69, 9.17) is 0 Å². The van der Waals surface area contributed by atoms with Crippen LogP contribution in [0, 0.1) is 17.6 Å². The first-order valence-corrected chi connectivity index (χ1v) is 8.83. The number of aromatic nitrogens is 2. The molecule has 0 saturated carbocycles. The highest BCUT2D eigenvalue weighted by Crippen LogP contribution is 2.36. The number of nitrogens with zero attached hydrogens (tertiary/aromatic N) is 3. The number of aryl methyl sites for hydroxylation is 1. The number of nitrogens with one attached hydrogen (secondary N) is 1. The number of likely N-dealkylation sites (tertiary alicyclic amines) is 1. The van der Waals surface area contributed by atoms with Crippen LogP contribution in [0.1, 0.15) is 43.0 Å². The molecule has 1 amide bonds. The van der Waals surface area contributed by atoms with Gasteiger partial charge in [0, 0.05) is 62.4 Å². The standard InChI is InChI=1S/C19H24F2N4O/c1-4-17(15-6-5-14(20)8-16(15)21)22-9-12-7-18(26)25(3)19(12)13-10-23-24(2)11-13/h5-6,8,10-12,17,19,22H,4,7,9H2,1-3H3/t12-,17-,19+/m0/s1. The summed E-state index contributed by atoms with van der Waals surface area (Å²) < 4.78 is 29.0. The van der Waals surface area contributed by atoms with Gasteiger partial charge in [0.25, 0.3) is 0 Å². The average Bonchev–Trinajstić information content (AvgIpc) is 3.13. The Kier molecular flexibility index (Phi) is 5.36. The van der Waals surface area contributed by atoms with Crippen molar-refractivity contribution in [3.8, 4) is 0 Å². The molecular formula is C19H24F2N4O. The number of hydrogen-bond donors (Lipinski definition) is 1. The van der Waals surface area contributed by atoms with Crippen LogP contribution in [-0.2, 0) is 11.8 Å². The van der Waals surface area contributed by atoms with Crippen LogP contribution < -0.4 is 5.32 Å². The van der Waals surface area contributed by atoms with Crippen LogP contribution in [-0.4, -0.2) is 34.2 Å². The van der Waals surface area contributed by atoms with Gasteiger partial charge in [-0.05, 0) is 12.5 Å². The average molecular weight is 362 g/mol. The Bertz CT molecular complexity index is 792. The van der Waals surface area contributed by atoms with E-state index in [0.29, 0.717) is 24.9 Å². The molecule has 1 saturated heterocycles. The summed E-state index contributed by atoms with van der Waals surface area (Å²) in [6.45, 7) is 2.51. The Morgan fingerprint density at radius 3 is 2.73 bits per heavy atom. The second-order valence-electron chi connectivity index (χ2n) is 6.90. The lowest BCUT2D eigenvalue weighted by Crippen LogP contribution is -2.31. The van der Waals surface area contributed by atoms with E-state index in [2.05, 4.69) is 10.4 Å². The van der Waals surface area contributed by atoms with E-state index in [1.54, 1.807) is 22.8 Å². The van der Waals surface area contributed by atoms with Crippen LogP contribution in [0.4, 0.5) is 8.78 Å². The minimum atomic E-state index is -0.583. The summed E-state index contributed by atoms with van der Waals surface area (Å²) in [6, 6.07) is 3.38. The van der Waals surface area contributed by atoms with Crippen molar-refractivity contribution in [2.75, 3.05) is 13.6 Å². The zero-order valence-corrected chi connectivity index (χ0v) is 15.2. The van der Waals surface area contributed by atoms with Crippen molar-refractivity contribution in [1.82, 2.24) is 20.0 Å². The Balaban J connectivity index is 1.74. The zero-order valence-electron chi connectivity index (χ0n) is 15.2. The van der Waals surface area contributed by atoms with Crippen molar-refractivity contribution >= 4 is 5.91 Å². The van der Waals surface area contributed by atoms with Crippen molar-refractivity contribution < 1.29 is 13.6 Å². The minimum Gasteiger partial charge on any atom is -0.338 e. The Morgan fingerprint density at radius 2 is 2.12 bits per heavy atom. The second-order valence-corrected chi connectivity index (χ2v) is 6.90. The lowest BCUT2D eigenvalue weighted by Gasteiger charge is -2.26. The molecule has 0 unspecified atom stereocenters. The van der Waals surface area contributed by atoms with Gasteiger partial charge in [-0.3, -0.25) is 9.48 Å². The molecule has 1 aromatic carbocycles. The van der Waals surface area contributed by atoms with Gasteiger partial charge in [0.15, 0.2) is 0 Å². The van der Waals surface area contributed by atoms with Crippen LogP contribution in [0.3, 0.4) is 0 Å². The van der Waals surface area contributed by atoms with Crippen LogP contribution in [0.25, 0.3) is 0 Å². The van der Waals surface area contributed by atoms with Crippen LogP contribution >= 0.6 is 0 Å². The van der Waals surface area contributed by atoms with E-state index in [-0.39, 0.29) is 23.9 Å². The second kappa shape index (κ2) is 7.53. The third kappa shape index (κ3) is 3.62. The number of carbonyl (C=O) groups excluding carboxylic acids is 1. The molecule has 0 bridgehead atoms. The number of rotatable bonds is 6. The number of hydrogen-bond acceptors (Lipinski definition) is 3. The molecule has 2 aromatic rings. The van der Waals surface area contributed by atoms with Crippen molar-refractivity contribution in [3.63, 3.8) is 0 Å². The van der Waals surface area contributed by atoms with Crippen molar-refractivity contribution in [2.45, 2.75) is 31.8 Å². The number of carbonyl (C=O) groups is 1. The van der Waals surface area contributed by atoms with Gasteiger partial charge in [0.1, 0.15) is 11.6 Å². The van der Waals surface area contributed by atoms with Crippen molar-refractivity contribution in [3.05, 3.63) is 53.4 Å². The molecule has 5 nitrogen and oxygen atoms in total. The smallest absolute Gasteiger partial charge is 0.223 e. The van der Waals surface area contributed by atoms with Crippen LogP contribution in [0.2, 0.25) is 0 Å². The fraction of sp³-hybridized carbons (Fsp3) is 0.474. The van der Waals surface area contributed by atoms with Gasteiger partial charge in [-0.25, -0.2) is 8.78 Å². The van der Waals surface area contributed by atoms with E-state index in [0.717, 1.165) is 11.6 Å². The first kappa shape index (κ1) is 18.5. The van der Waals surface area contributed by atoms with Gasteiger partial charge in [-0.15, -0.1) is 0 Å². The molecule has 2 heterocycles. The number of halogens is 2. The normalized spacial score (nSPS) is 21.4. The Hall–Kier alpha value is -2.28. The molecule has 1 fully saturated rings. The minimum absolute atomic E-state index is 0.0562. The highest BCUT2D eigenvalue weighted by atomic mass is 19.1. The van der Waals surface area contributed by atoms with Gasteiger partial charge in [-0.1, -0.05) is 13.0 Å². The predicted molar refractivity (Wildman–Crippen MR) is 94.2 cm³/mol. The van der Waals surface area contributed by atoms with E-state index in [1.165, 1.54) is 12.1 Å². The Labute approximate surface area is 152 Å². The molecule has 0 spiro atoms. The third-order valence-corrected chi connectivity index (χ3v) is 5.13. The quantitative estimate of drug-likeness (QED) is 0.860. The molecule has 7 heteroatoms. The topological polar surface area (TPSA) is 50.2 Å². The van der Waals surface area contributed by atoms with E-state index in [9.17, 15) is 13.6 Å². The first-order valence-electron chi connectivity index (χ1n) is 8.83. The van der Waals surface area contributed by atoms with Gasteiger partial charge in [0.05, 0.1) is 12.2 Å². The molecule has 0 aliphatic carbocycles. The molecule has 1 aromatic heterocycles. The third-order valence-electron chi connectivity index (χ3n) is 5.13. The summed E-state index contributed by atoms with van der Waals surface area (Å²) in [5.41, 5.74) is 1.44. The van der Waals surface area contributed by atoms with Gasteiger partial charge in [0.2, 0.25) is 5.91 Å². The van der Waals surface area contributed by atoms with Crippen LogP contribution in [0.5, 0.6) is 0 Å². The van der Waals surface area contributed by atoms with Gasteiger partial charge in [-0.2, -0.15) is 5.10 Å². The summed E-state index contributed by atoms with van der Waals surface area (Å²) >= 11 is 0. The fourth-order valence-electron chi connectivity index (χ4n) is 3.78. The summed E-state index contributed by atoms with van der Waals surface area (Å²) in [5, 5.41) is 7.57. The summed E-state index contributed by atoms with van der Waals surface area (Å²) in [6.07, 6.45) is 4.80. The van der Waals surface area contributed by atoms with Gasteiger partial charge < -0.3 is 10.2 Å².